The summed E-state index contributed by atoms with van der Waals surface area (Å²) in [4.78, 5) is 17.8. The Morgan fingerprint density at radius 1 is 1.21 bits per heavy atom. The van der Waals surface area contributed by atoms with Crippen molar-refractivity contribution in [1.29, 1.82) is 0 Å². The van der Waals surface area contributed by atoms with E-state index in [0.29, 0.717) is 18.8 Å². The highest BCUT2D eigenvalue weighted by molar-refractivity contribution is 7.92. The van der Waals surface area contributed by atoms with E-state index < -0.39 is 39.7 Å². The summed E-state index contributed by atoms with van der Waals surface area (Å²) in [5.41, 5.74) is 0.407. The Morgan fingerprint density at radius 3 is 2.44 bits per heavy atom. The van der Waals surface area contributed by atoms with Gasteiger partial charge in [0.1, 0.15) is 23.3 Å². The fraction of sp³-hybridized carbons (Fsp3) is 0.538. The third-order valence-electron chi connectivity index (χ3n) is 6.77. The minimum Gasteiger partial charge on any atom is -0.389 e. The zero-order valence-corrected chi connectivity index (χ0v) is 24.2. The molecular formula is C26H38ClF2N5O4S. The number of piperidine rings is 1. The number of nitrogens with zero attached hydrogens (tertiary/aromatic N) is 2. The van der Waals surface area contributed by atoms with Crippen molar-refractivity contribution in [1.82, 2.24) is 15.6 Å². The molecule has 0 bridgehead atoms. The third-order valence-corrected chi connectivity index (χ3v) is 7.95. The van der Waals surface area contributed by atoms with Crippen LogP contribution in [0.25, 0.3) is 0 Å². The second-order valence-corrected chi connectivity index (χ2v) is 11.9. The van der Waals surface area contributed by atoms with Gasteiger partial charge in [-0.05, 0) is 69.0 Å². The van der Waals surface area contributed by atoms with E-state index in [-0.39, 0.29) is 47.9 Å². The molecule has 0 radical (unpaired) electrons. The Balaban J connectivity index is 0.00000533. The highest BCUT2D eigenvalue weighted by Gasteiger charge is 2.31. The van der Waals surface area contributed by atoms with Gasteiger partial charge in [-0.1, -0.05) is 13.3 Å². The number of aromatic nitrogens is 1. The summed E-state index contributed by atoms with van der Waals surface area (Å²) in [5, 5.41) is 20.4. The van der Waals surface area contributed by atoms with Crippen LogP contribution in [0, 0.1) is 11.6 Å². The number of hydrogen-bond donors (Lipinski definition) is 4. The molecular weight excluding hydrogens is 552 g/mol. The van der Waals surface area contributed by atoms with Crippen LogP contribution in [0.2, 0.25) is 0 Å². The van der Waals surface area contributed by atoms with Crippen LogP contribution >= 0.6 is 12.4 Å². The molecule has 4 atom stereocenters. The molecule has 218 valence electrons. The first-order valence-electron chi connectivity index (χ1n) is 12.8. The molecule has 13 heteroatoms. The predicted molar refractivity (Wildman–Crippen MR) is 151 cm³/mol. The lowest BCUT2D eigenvalue weighted by Gasteiger charge is -2.34. The van der Waals surface area contributed by atoms with Crippen molar-refractivity contribution in [3.05, 3.63) is 53.1 Å². The molecule has 0 spiro atoms. The van der Waals surface area contributed by atoms with Gasteiger partial charge in [0.05, 0.1) is 18.4 Å². The van der Waals surface area contributed by atoms with Crippen molar-refractivity contribution >= 4 is 40.0 Å². The van der Waals surface area contributed by atoms with E-state index in [2.05, 4.69) is 20.9 Å². The smallest absolute Gasteiger partial charge is 0.251 e. The van der Waals surface area contributed by atoms with Gasteiger partial charge in [0.2, 0.25) is 10.0 Å². The quantitative estimate of drug-likeness (QED) is 0.317. The Kier molecular flexibility index (Phi) is 11.9. The molecule has 1 aliphatic rings. The minimum absolute atomic E-state index is 0. The molecule has 3 rings (SSSR count). The van der Waals surface area contributed by atoms with Gasteiger partial charge in [-0.25, -0.2) is 22.2 Å². The van der Waals surface area contributed by atoms with E-state index in [1.54, 1.807) is 0 Å². The van der Waals surface area contributed by atoms with Crippen molar-refractivity contribution in [3.63, 3.8) is 0 Å². The summed E-state index contributed by atoms with van der Waals surface area (Å²) in [6.45, 7) is 4.61. The summed E-state index contributed by atoms with van der Waals surface area (Å²) < 4.78 is 53.1. The number of hydrogen-bond acceptors (Lipinski definition) is 7. The average Bonchev–Trinajstić information content (AvgIpc) is 2.86. The zero-order chi connectivity index (χ0) is 28.0. The van der Waals surface area contributed by atoms with E-state index in [9.17, 15) is 27.1 Å². The van der Waals surface area contributed by atoms with Gasteiger partial charge in [0, 0.05) is 30.8 Å². The topological polar surface area (TPSA) is 124 Å². The lowest BCUT2D eigenvalue weighted by molar-refractivity contribution is 0.0646. The first-order valence-corrected chi connectivity index (χ1v) is 14.6. The van der Waals surface area contributed by atoms with Gasteiger partial charge in [-0.15, -0.1) is 12.4 Å². The molecule has 4 N–H and O–H groups in total. The monoisotopic (exact) mass is 589 g/mol. The maximum atomic E-state index is 13.9. The molecule has 0 saturated carbocycles. The maximum absolute atomic E-state index is 13.9. The average molecular weight is 590 g/mol. The number of aliphatic hydroxyl groups excluding tert-OH is 1. The number of benzene rings is 1. The van der Waals surface area contributed by atoms with Crippen LogP contribution in [0.4, 0.5) is 20.4 Å². The normalized spacial score (nSPS) is 17.9. The molecule has 2 heterocycles. The van der Waals surface area contributed by atoms with Gasteiger partial charge in [0.25, 0.3) is 5.91 Å². The van der Waals surface area contributed by atoms with Crippen molar-refractivity contribution in [2.75, 3.05) is 29.5 Å². The van der Waals surface area contributed by atoms with Crippen LogP contribution in [-0.2, 0) is 16.4 Å². The Labute approximate surface area is 235 Å². The van der Waals surface area contributed by atoms with Crippen LogP contribution in [0.5, 0.6) is 0 Å². The molecule has 9 nitrogen and oxygen atoms in total. The van der Waals surface area contributed by atoms with E-state index in [1.165, 1.54) is 31.3 Å². The van der Waals surface area contributed by atoms with Gasteiger partial charge in [0.15, 0.2) is 0 Å². The molecule has 39 heavy (non-hydrogen) atoms. The highest BCUT2D eigenvalue weighted by Crippen LogP contribution is 2.22. The van der Waals surface area contributed by atoms with Gasteiger partial charge in [-0.2, -0.15) is 0 Å². The lowest BCUT2D eigenvalue weighted by Crippen LogP contribution is -2.55. The zero-order valence-electron chi connectivity index (χ0n) is 22.6. The number of carbonyl (C=O) groups is 1. The first-order chi connectivity index (χ1) is 17.9. The van der Waals surface area contributed by atoms with E-state index in [0.717, 1.165) is 35.9 Å². The molecule has 1 saturated heterocycles. The number of carbonyl (C=O) groups excluding carboxylic acids is 1. The Bertz CT molecular complexity index is 1210. The van der Waals surface area contributed by atoms with Crippen LogP contribution in [-0.4, -0.2) is 68.5 Å². The second-order valence-electron chi connectivity index (χ2n) is 9.89. The number of nitrogens with one attached hydrogen (secondary N) is 3. The minimum atomic E-state index is -3.66. The number of anilines is 2. The Morgan fingerprint density at radius 2 is 1.87 bits per heavy atom. The van der Waals surface area contributed by atoms with E-state index in [4.69, 9.17) is 0 Å². The van der Waals surface area contributed by atoms with Crippen LogP contribution < -0.4 is 20.3 Å². The van der Waals surface area contributed by atoms with E-state index in [1.807, 2.05) is 13.8 Å². The molecule has 1 aromatic heterocycles. The van der Waals surface area contributed by atoms with Crippen LogP contribution in [0.1, 0.15) is 55.5 Å². The van der Waals surface area contributed by atoms with Gasteiger partial charge in [-0.3, -0.25) is 9.10 Å². The van der Waals surface area contributed by atoms with Crippen molar-refractivity contribution in [3.8, 4) is 0 Å². The molecule has 0 aliphatic carbocycles. The maximum Gasteiger partial charge on any atom is 0.251 e. The summed E-state index contributed by atoms with van der Waals surface area (Å²) in [7, 11) is -2.32. The predicted octanol–water partition coefficient (Wildman–Crippen LogP) is 3.23. The number of sulfonamides is 1. The summed E-state index contributed by atoms with van der Waals surface area (Å²) >= 11 is 0. The van der Waals surface area contributed by atoms with Crippen LogP contribution in [0.15, 0.2) is 30.3 Å². The number of aliphatic hydroxyl groups is 1. The fourth-order valence-electron chi connectivity index (χ4n) is 4.35. The third kappa shape index (κ3) is 9.26. The fourth-order valence-corrected chi connectivity index (χ4v) is 4.78. The molecule has 2 aromatic rings. The largest absolute Gasteiger partial charge is 0.389 e. The molecule has 1 fully saturated rings. The summed E-state index contributed by atoms with van der Waals surface area (Å²) in [6.07, 6.45) is 3.30. The second kappa shape index (κ2) is 14.2. The van der Waals surface area contributed by atoms with E-state index >= 15 is 0 Å². The Hall–Kier alpha value is -2.54. The number of halogens is 3. The SMILES string of the molecule is CCC(C)Nc1cc(C(=O)N[C@H](Cc2cc(F)cc(F)c2)[C@H](O)C2CCCCN2)cc(N(C)S(C)(=O)=O)n1.Cl. The highest BCUT2D eigenvalue weighted by atomic mass is 35.5. The number of pyridine rings is 1. The van der Waals surface area contributed by atoms with Gasteiger partial charge >= 0.3 is 0 Å². The van der Waals surface area contributed by atoms with Crippen molar-refractivity contribution in [2.45, 2.75) is 70.2 Å². The number of rotatable bonds is 11. The molecule has 1 amide bonds. The molecule has 1 aliphatic heterocycles. The standard InChI is InChI=1S/C26H37F2N5O4S.ClH/c1-5-16(2)30-23-13-18(14-24(32-23)33(3)38(4,36)37)26(35)31-22(25(34)21-8-6-7-9-29-21)12-17-10-19(27)15-20(28)11-17;/h10-11,13-16,21-22,25,29,34H,5-9,12H2,1-4H3,(H,30,32)(H,31,35);1H/t16?,21?,22-,25-;/m1./s1. The first kappa shape index (κ1) is 32.7. The summed E-state index contributed by atoms with van der Waals surface area (Å²) in [6, 6.07) is 4.78. The van der Waals surface area contributed by atoms with Crippen LogP contribution in [0.3, 0.4) is 0 Å². The summed E-state index contributed by atoms with van der Waals surface area (Å²) in [5.74, 6) is -1.73. The van der Waals surface area contributed by atoms with Crippen molar-refractivity contribution < 1.29 is 27.1 Å². The molecule has 1 aromatic carbocycles. The van der Waals surface area contributed by atoms with Crippen molar-refractivity contribution in [2.24, 2.45) is 0 Å². The number of amides is 1. The molecule has 2 unspecified atom stereocenters. The lowest BCUT2D eigenvalue weighted by atomic mass is 9.91. The van der Waals surface area contributed by atoms with Gasteiger partial charge < -0.3 is 21.1 Å².